The second kappa shape index (κ2) is 7.05. The van der Waals surface area contributed by atoms with E-state index in [1.54, 1.807) is 13.8 Å². The number of esters is 1. The molecule has 0 spiro atoms. The molecule has 5 rings (SSSR count). The van der Waals surface area contributed by atoms with E-state index in [-0.39, 0.29) is 18.9 Å². The summed E-state index contributed by atoms with van der Waals surface area (Å²) in [4.78, 5) is 43.1. The van der Waals surface area contributed by atoms with Crippen molar-refractivity contribution in [1.29, 1.82) is 0 Å². The molecule has 0 saturated carbocycles. The standard InChI is InChI=1S/C24H23FN2O5/c1-4-31-21(28)19-17-12-32-18-10-5-13(2)11-16(18)20(17)27-23(30)26(22(29)24(19,27)3)15-8-6-14(25)7-9-15/h5-11,17,19-20H,4,12H2,1-3H3/t17-,19+,20+,24+/m1/s1. The maximum atomic E-state index is 13.8. The Balaban J connectivity index is 1.69. The van der Waals surface area contributed by atoms with Gasteiger partial charge < -0.3 is 14.4 Å². The molecule has 8 heteroatoms. The first-order valence-corrected chi connectivity index (χ1v) is 10.6. The molecule has 3 aliphatic heterocycles. The first kappa shape index (κ1) is 20.5. The van der Waals surface area contributed by atoms with Gasteiger partial charge >= 0.3 is 12.0 Å². The van der Waals surface area contributed by atoms with Crippen molar-refractivity contribution in [2.24, 2.45) is 11.8 Å². The largest absolute Gasteiger partial charge is 0.493 e. The normalized spacial score (nSPS) is 28.2. The summed E-state index contributed by atoms with van der Waals surface area (Å²) in [6.45, 7) is 5.60. The number of carbonyl (C=O) groups is 3. The van der Waals surface area contributed by atoms with Gasteiger partial charge in [-0.2, -0.15) is 0 Å². The average Bonchev–Trinajstić information content (AvgIpc) is 3.14. The monoisotopic (exact) mass is 438 g/mol. The van der Waals surface area contributed by atoms with Crippen molar-refractivity contribution >= 4 is 23.6 Å². The number of halogens is 1. The van der Waals surface area contributed by atoms with Crippen molar-refractivity contribution in [3.8, 4) is 5.75 Å². The molecule has 0 N–H and O–H groups in total. The molecule has 2 fully saturated rings. The van der Waals surface area contributed by atoms with Gasteiger partial charge in [-0.05, 0) is 51.1 Å². The fraction of sp³-hybridized carbons (Fsp3) is 0.375. The molecule has 4 atom stereocenters. The molecule has 3 amide bonds. The highest BCUT2D eigenvalue weighted by Crippen LogP contribution is 2.58. The predicted molar refractivity (Wildman–Crippen MR) is 113 cm³/mol. The lowest BCUT2D eigenvalue weighted by atomic mass is 9.77. The number of imide groups is 1. The molecule has 32 heavy (non-hydrogen) atoms. The van der Waals surface area contributed by atoms with E-state index in [0.717, 1.165) is 16.0 Å². The van der Waals surface area contributed by atoms with E-state index in [9.17, 15) is 18.8 Å². The summed E-state index contributed by atoms with van der Waals surface area (Å²) in [5.41, 5.74) is 0.540. The number of rotatable bonds is 3. The molecule has 0 unspecified atom stereocenters. The molecule has 7 nitrogen and oxygen atoms in total. The van der Waals surface area contributed by atoms with Crippen molar-refractivity contribution in [2.45, 2.75) is 32.4 Å². The van der Waals surface area contributed by atoms with Crippen LogP contribution < -0.4 is 9.64 Å². The van der Waals surface area contributed by atoms with E-state index in [0.29, 0.717) is 5.75 Å². The zero-order valence-corrected chi connectivity index (χ0v) is 18.0. The first-order chi connectivity index (χ1) is 15.3. The Bertz CT molecular complexity index is 1130. The molecule has 3 aliphatic rings. The molecular weight excluding hydrogens is 415 g/mol. The number of aryl methyl sites for hydroxylation is 1. The van der Waals surface area contributed by atoms with Crippen LogP contribution in [-0.2, 0) is 14.3 Å². The number of fused-ring (bicyclic) bond motifs is 5. The summed E-state index contributed by atoms with van der Waals surface area (Å²) in [6, 6.07) is 9.78. The smallest absolute Gasteiger partial charge is 0.332 e. The number of nitrogens with zero attached hydrogens (tertiary/aromatic N) is 2. The maximum Gasteiger partial charge on any atom is 0.332 e. The third-order valence-corrected chi connectivity index (χ3v) is 6.79. The molecule has 2 aromatic rings. The van der Waals surface area contributed by atoms with E-state index in [1.165, 1.54) is 29.2 Å². The Hall–Kier alpha value is -3.42. The number of carbonyl (C=O) groups excluding carboxylic acids is 3. The van der Waals surface area contributed by atoms with Crippen molar-refractivity contribution in [3.05, 3.63) is 59.4 Å². The van der Waals surface area contributed by atoms with Gasteiger partial charge in [0.2, 0.25) is 0 Å². The van der Waals surface area contributed by atoms with Gasteiger partial charge in [-0.3, -0.25) is 9.59 Å². The SMILES string of the molecule is CCOC(=O)[C@@H]1[C@H]2COc3ccc(C)cc3[C@@H]2N2C(=O)N(c3ccc(F)cc3)C(=O)[C@]12C. The van der Waals surface area contributed by atoms with Crippen LogP contribution in [0.2, 0.25) is 0 Å². The minimum absolute atomic E-state index is 0.156. The van der Waals surface area contributed by atoms with Crippen LogP contribution in [0.5, 0.6) is 5.75 Å². The van der Waals surface area contributed by atoms with Gasteiger partial charge in [0.1, 0.15) is 17.1 Å². The summed E-state index contributed by atoms with van der Waals surface area (Å²) in [7, 11) is 0. The van der Waals surface area contributed by atoms with Gasteiger partial charge in [0, 0.05) is 11.5 Å². The maximum absolute atomic E-state index is 13.8. The van der Waals surface area contributed by atoms with Crippen LogP contribution in [0.1, 0.15) is 31.0 Å². The van der Waals surface area contributed by atoms with Gasteiger partial charge in [0.05, 0.1) is 30.9 Å². The average molecular weight is 438 g/mol. The predicted octanol–water partition coefficient (Wildman–Crippen LogP) is 3.60. The van der Waals surface area contributed by atoms with Crippen LogP contribution in [0.15, 0.2) is 42.5 Å². The highest BCUT2D eigenvalue weighted by molar-refractivity contribution is 6.24. The van der Waals surface area contributed by atoms with Gasteiger partial charge in [-0.1, -0.05) is 17.7 Å². The second-order valence-corrected chi connectivity index (χ2v) is 8.61. The van der Waals surface area contributed by atoms with Crippen LogP contribution in [0.4, 0.5) is 14.9 Å². The summed E-state index contributed by atoms with van der Waals surface area (Å²) >= 11 is 0. The summed E-state index contributed by atoms with van der Waals surface area (Å²) in [5, 5.41) is 0. The molecule has 166 valence electrons. The summed E-state index contributed by atoms with van der Waals surface area (Å²) < 4.78 is 24.8. The Morgan fingerprint density at radius 2 is 1.94 bits per heavy atom. The van der Waals surface area contributed by atoms with E-state index in [2.05, 4.69) is 0 Å². The number of ether oxygens (including phenoxy) is 2. The van der Waals surface area contributed by atoms with E-state index < -0.39 is 47.1 Å². The van der Waals surface area contributed by atoms with Crippen LogP contribution in [0.3, 0.4) is 0 Å². The number of benzene rings is 2. The Kier molecular flexibility index (Phi) is 4.51. The van der Waals surface area contributed by atoms with Crippen molar-refractivity contribution in [1.82, 2.24) is 4.90 Å². The fourth-order valence-corrected chi connectivity index (χ4v) is 5.43. The fourth-order valence-electron chi connectivity index (χ4n) is 5.43. The van der Waals surface area contributed by atoms with Crippen molar-refractivity contribution < 1.29 is 28.2 Å². The number of anilines is 1. The van der Waals surface area contributed by atoms with Crippen molar-refractivity contribution in [2.75, 3.05) is 18.1 Å². The highest BCUT2D eigenvalue weighted by Gasteiger charge is 2.72. The van der Waals surface area contributed by atoms with E-state index in [4.69, 9.17) is 9.47 Å². The van der Waals surface area contributed by atoms with Crippen molar-refractivity contribution in [3.63, 3.8) is 0 Å². The van der Waals surface area contributed by atoms with E-state index >= 15 is 0 Å². The number of hydrogen-bond donors (Lipinski definition) is 0. The number of urea groups is 1. The lowest BCUT2D eigenvalue weighted by Crippen LogP contribution is -2.51. The Morgan fingerprint density at radius 3 is 2.62 bits per heavy atom. The zero-order chi connectivity index (χ0) is 22.8. The molecule has 2 aromatic carbocycles. The summed E-state index contributed by atoms with van der Waals surface area (Å²) in [5.74, 6) is -2.24. The Labute approximate surface area is 184 Å². The van der Waals surface area contributed by atoms with Crippen LogP contribution >= 0.6 is 0 Å². The van der Waals surface area contributed by atoms with Crippen LogP contribution in [0, 0.1) is 24.6 Å². The van der Waals surface area contributed by atoms with E-state index in [1.807, 2.05) is 25.1 Å². The lowest BCUT2D eigenvalue weighted by molar-refractivity contribution is -0.154. The highest BCUT2D eigenvalue weighted by atomic mass is 19.1. The van der Waals surface area contributed by atoms with Gasteiger partial charge in [0.25, 0.3) is 5.91 Å². The van der Waals surface area contributed by atoms with Crippen LogP contribution in [0.25, 0.3) is 0 Å². The van der Waals surface area contributed by atoms with Gasteiger partial charge in [0.15, 0.2) is 0 Å². The van der Waals surface area contributed by atoms with Crippen LogP contribution in [-0.4, -0.2) is 41.6 Å². The number of amides is 3. The topological polar surface area (TPSA) is 76.2 Å². The molecular formula is C24H23FN2O5. The third kappa shape index (κ3) is 2.61. The zero-order valence-electron chi connectivity index (χ0n) is 18.0. The molecule has 0 radical (unpaired) electrons. The lowest BCUT2D eigenvalue weighted by Gasteiger charge is -2.34. The summed E-state index contributed by atoms with van der Waals surface area (Å²) in [6.07, 6.45) is 0. The van der Waals surface area contributed by atoms with Gasteiger partial charge in [-0.25, -0.2) is 14.1 Å². The molecule has 0 aromatic heterocycles. The molecule has 0 aliphatic carbocycles. The quantitative estimate of drug-likeness (QED) is 0.541. The molecule has 2 saturated heterocycles. The second-order valence-electron chi connectivity index (χ2n) is 8.61. The first-order valence-electron chi connectivity index (χ1n) is 10.6. The molecule has 0 bridgehead atoms. The van der Waals surface area contributed by atoms with Gasteiger partial charge in [-0.15, -0.1) is 0 Å². The Morgan fingerprint density at radius 1 is 1.22 bits per heavy atom. The minimum Gasteiger partial charge on any atom is -0.493 e. The number of hydrogen-bond acceptors (Lipinski definition) is 5. The third-order valence-electron chi connectivity index (χ3n) is 6.79. The minimum atomic E-state index is -1.46. The molecule has 3 heterocycles.